The van der Waals surface area contributed by atoms with Gasteiger partial charge in [0.25, 0.3) is 0 Å². The minimum absolute atomic E-state index is 0.0501. The summed E-state index contributed by atoms with van der Waals surface area (Å²) in [6, 6.07) is -0.660. The van der Waals surface area contributed by atoms with E-state index in [1.165, 1.54) is 6.92 Å². The summed E-state index contributed by atoms with van der Waals surface area (Å²) in [5.41, 5.74) is 0. The van der Waals surface area contributed by atoms with Crippen molar-refractivity contribution in [2.24, 2.45) is 0 Å². The number of halogens is 3. The molecule has 0 aromatic carbocycles. The summed E-state index contributed by atoms with van der Waals surface area (Å²) in [5.74, 6) is -0.632. The first kappa shape index (κ1) is 17.3. The highest BCUT2D eigenvalue weighted by atomic mass is 32.2. The predicted octanol–water partition coefficient (Wildman–Crippen LogP) is 1.17. The number of amides is 3. The fourth-order valence-corrected chi connectivity index (χ4v) is 2.09. The highest BCUT2D eigenvalue weighted by molar-refractivity contribution is 8.00. The maximum absolute atomic E-state index is 12.3. The zero-order chi connectivity index (χ0) is 16.0. The van der Waals surface area contributed by atoms with E-state index >= 15 is 0 Å². The molecule has 1 atom stereocenters. The van der Waals surface area contributed by atoms with Gasteiger partial charge in [-0.1, -0.05) is 11.8 Å². The number of thioether (sulfide) groups is 1. The van der Waals surface area contributed by atoms with Gasteiger partial charge >= 0.3 is 12.2 Å². The van der Waals surface area contributed by atoms with E-state index in [1.807, 2.05) is 0 Å². The largest absolute Gasteiger partial charge is 0.406 e. The molecule has 0 aliphatic carbocycles. The quantitative estimate of drug-likeness (QED) is 0.793. The van der Waals surface area contributed by atoms with Crippen molar-refractivity contribution < 1.29 is 22.8 Å². The highest BCUT2D eigenvalue weighted by Crippen LogP contribution is 2.24. The van der Waals surface area contributed by atoms with Crippen molar-refractivity contribution in [2.45, 2.75) is 37.0 Å². The number of nitrogens with one attached hydrogen (secondary N) is 2. The molecule has 1 aromatic rings. The van der Waals surface area contributed by atoms with Crippen LogP contribution in [0.2, 0.25) is 0 Å². The van der Waals surface area contributed by atoms with Crippen LogP contribution in [0.1, 0.15) is 13.8 Å². The number of alkyl halides is 3. The van der Waals surface area contributed by atoms with Crippen LogP contribution in [-0.2, 0) is 11.3 Å². The molecule has 21 heavy (non-hydrogen) atoms. The third-order valence-electron chi connectivity index (χ3n) is 2.16. The van der Waals surface area contributed by atoms with Gasteiger partial charge in [-0.25, -0.2) is 4.79 Å². The summed E-state index contributed by atoms with van der Waals surface area (Å²) in [6.45, 7) is 2.24. The fourth-order valence-electron chi connectivity index (χ4n) is 1.27. The zero-order valence-electron chi connectivity index (χ0n) is 11.3. The van der Waals surface area contributed by atoms with Crippen LogP contribution >= 0.6 is 11.8 Å². The van der Waals surface area contributed by atoms with Gasteiger partial charge in [0.1, 0.15) is 12.9 Å². The number of carbonyl (C=O) groups is 2. The molecule has 3 amide bonds. The number of hydrogen-bond acceptors (Lipinski definition) is 5. The molecular weight excluding hydrogens is 311 g/mol. The average molecular weight is 325 g/mol. The summed E-state index contributed by atoms with van der Waals surface area (Å²) in [5, 5.41) is 10.5. The van der Waals surface area contributed by atoms with Crippen molar-refractivity contribution >= 4 is 23.7 Å². The standard InChI is InChI=1S/C10H14F3N5O2S/c1-3-14-8(20)16-7(19)6(2)21-9-17-15-5-18(9)4-10(11,12)13/h5-6H,3-4H2,1-2H3,(H2,14,16,19,20)/t6-/m1/s1. The molecule has 118 valence electrons. The molecule has 11 heteroatoms. The molecule has 2 N–H and O–H groups in total. The predicted molar refractivity (Wildman–Crippen MR) is 68.6 cm³/mol. The Morgan fingerprint density at radius 2 is 2.14 bits per heavy atom. The zero-order valence-corrected chi connectivity index (χ0v) is 12.1. The van der Waals surface area contributed by atoms with E-state index in [2.05, 4.69) is 20.8 Å². The number of aromatic nitrogens is 3. The number of rotatable bonds is 5. The molecule has 1 rings (SSSR count). The number of hydrogen-bond donors (Lipinski definition) is 2. The Kier molecular flexibility index (Phi) is 6.00. The monoisotopic (exact) mass is 325 g/mol. The molecule has 0 aliphatic heterocycles. The Morgan fingerprint density at radius 1 is 1.48 bits per heavy atom. The first-order valence-electron chi connectivity index (χ1n) is 5.93. The molecule has 0 bridgehead atoms. The fraction of sp³-hybridized carbons (Fsp3) is 0.600. The van der Waals surface area contributed by atoms with Crippen LogP contribution in [0, 0.1) is 0 Å². The van der Waals surface area contributed by atoms with Gasteiger partial charge in [0.05, 0.1) is 5.25 Å². The second kappa shape index (κ2) is 7.29. The summed E-state index contributed by atoms with van der Waals surface area (Å²) < 4.78 is 37.8. The van der Waals surface area contributed by atoms with Gasteiger partial charge in [0.2, 0.25) is 5.91 Å². The molecule has 1 aromatic heterocycles. The Labute approximate surface area is 122 Å². The van der Waals surface area contributed by atoms with Crippen LogP contribution in [-0.4, -0.2) is 44.7 Å². The normalized spacial score (nSPS) is 12.8. The number of carbonyl (C=O) groups excluding carboxylic acids is 2. The summed E-state index contributed by atoms with van der Waals surface area (Å²) in [7, 11) is 0. The van der Waals surface area contributed by atoms with Crippen LogP contribution in [0.25, 0.3) is 0 Å². The minimum Gasteiger partial charge on any atom is -0.338 e. The average Bonchev–Trinajstić information content (AvgIpc) is 2.74. The minimum atomic E-state index is -4.41. The van der Waals surface area contributed by atoms with Gasteiger partial charge in [-0.2, -0.15) is 13.2 Å². The van der Waals surface area contributed by atoms with Crippen LogP contribution in [0.5, 0.6) is 0 Å². The van der Waals surface area contributed by atoms with E-state index in [0.717, 1.165) is 22.7 Å². The summed E-state index contributed by atoms with van der Waals surface area (Å²) in [6.07, 6.45) is -3.48. The lowest BCUT2D eigenvalue weighted by Crippen LogP contribution is -2.42. The van der Waals surface area contributed by atoms with Crippen molar-refractivity contribution in [1.82, 2.24) is 25.4 Å². The molecule has 0 saturated heterocycles. The first-order chi connectivity index (χ1) is 9.73. The number of urea groups is 1. The van der Waals surface area contributed by atoms with Crippen LogP contribution < -0.4 is 10.6 Å². The van der Waals surface area contributed by atoms with E-state index < -0.39 is 29.9 Å². The van der Waals surface area contributed by atoms with E-state index in [9.17, 15) is 22.8 Å². The van der Waals surface area contributed by atoms with Crippen molar-refractivity contribution in [3.8, 4) is 0 Å². The summed E-state index contributed by atoms with van der Waals surface area (Å²) >= 11 is 0.783. The van der Waals surface area contributed by atoms with Crippen molar-refractivity contribution in [2.75, 3.05) is 6.54 Å². The molecular formula is C10H14F3N5O2S. The SMILES string of the molecule is CCNC(=O)NC(=O)[C@@H](C)Sc1nncn1CC(F)(F)F. The maximum Gasteiger partial charge on any atom is 0.406 e. The van der Waals surface area contributed by atoms with Crippen molar-refractivity contribution in [3.63, 3.8) is 0 Å². The lowest BCUT2D eigenvalue weighted by Gasteiger charge is -2.12. The van der Waals surface area contributed by atoms with E-state index in [-0.39, 0.29) is 5.16 Å². The lowest BCUT2D eigenvalue weighted by atomic mass is 10.4. The number of imide groups is 1. The van der Waals surface area contributed by atoms with Crippen molar-refractivity contribution in [1.29, 1.82) is 0 Å². The molecule has 0 fully saturated rings. The van der Waals surface area contributed by atoms with Gasteiger partial charge < -0.3 is 5.32 Å². The van der Waals surface area contributed by atoms with Crippen LogP contribution in [0.4, 0.5) is 18.0 Å². The summed E-state index contributed by atoms with van der Waals surface area (Å²) in [4.78, 5) is 22.9. The van der Waals surface area contributed by atoms with Gasteiger partial charge in [-0.3, -0.25) is 14.7 Å². The topological polar surface area (TPSA) is 88.9 Å². The molecule has 7 nitrogen and oxygen atoms in total. The van der Waals surface area contributed by atoms with Gasteiger partial charge in [-0.15, -0.1) is 10.2 Å². The van der Waals surface area contributed by atoms with Crippen LogP contribution in [0.15, 0.2) is 11.5 Å². The molecule has 0 radical (unpaired) electrons. The second-order valence-corrected chi connectivity index (χ2v) is 5.27. The third-order valence-corrected chi connectivity index (χ3v) is 3.25. The highest BCUT2D eigenvalue weighted by Gasteiger charge is 2.30. The Morgan fingerprint density at radius 3 is 2.71 bits per heavy atom. The van der Waals surface area contributed by atoms with E-state index in [0.29, 0.717) is 6.54 Å². The van der Waals surface area contributed by atoms with E-state index in [1.54, 1.807) is 6.92 Å². The van der Waals surface area contributed by atoms with Gasteiger partial charge in [0, 0.05) is 6.54 Å². The molecule has 0 spiro atoms. The third kappa shape index (κ3) is 6.02. The Balaban J connectivity index is 2.63. The van der Waals surface area contributed by atoms with Crippen LogP contribution in [0.3, 0.4) is 0 Å². The van der Waals surface area contributed by atoms with Crippen molar-refractivity contribution in [3.05, 3.63) is 6.33 Å². The smallest absolute Gasteiger partial charge is 0.338 e. The molecule has 0 aliphatic rings. The number of nitrogens with zero attached hydrogens (tertiary/aromatic N) is 3. The first-order valence-corrected chi connectivity index (χ1v) is 6.80. The van der Waals surface area contributed by atoms with Gasteiger partial charge in [0.15, 0.2) is 5.16 Å². The lowest BCUT2D eigenvalue weighted by molar-refractivity contribution is -0.142. The molecule has 1 heterocycles. The maximum atomic E-state index is 12.3. The van der Waals surface area contributed by atoms with E-state index in [4.69, 9.17) is 0 Å². The Hall–Kier alpha value is -1.78. The molecule has 0 saturated carbocycles. The Bertz CT molecular complexity index is 505. The van der Waals surface area contributed by atoms with Gasteiger partial charge in [-0.05, 0) is 13.8 Å². The molecule has 0 unspecified atom stereocenters. The second-order valence-electron chi connectivity index (χ2n) is 3.97.